The predicted octanol–water partition coefficient (Wildman–Crippen LogP) is 2.38. The molecule has 0 unspecified atom stereocenters. The van der Waals surface area contributed by atoms with Crippen LogP contribution in [0.25, 0.3) is 0 Å². The maximum atomic E-state index is 12.8. The fraction of sp³-hybridized carbons (Fsp3) is 0.375. The molecule has 0 aliphatic carbocycles. The Kier molecular flexibility index (Phi) is 6.59. The fourth-order valence-electron chi connectivity index (χ4n) is 1.74. The Labute approximate surface area is 124 Å². The average molecular weight is 293 g/mol. The summed E-state index contributed by atoms with van der Waals surface area (Å²) in [5.41, 5.74) is 1.73. The lowest BCUT2D eigenvalue weighted by molar-refractivity contribution is -0.144. The Bertz CT molecular complexity index is 519. The van der Waals surface area contributed by atoms with Crippen molar-refractivity contribution in [1.82, 2.24) is 5.32 Å². The molecule has 4 nitrogen and oxygen atoms in total. The third-order valence-electron chi connectivity index (χ3n) is 2.86. The summed E-state index contributed by atoms with van der Waals surface area (Å²) in [6, 6.07) is 4.96. The van der Waals surface area contributed by atoms with Crippen LogP contribution in [0.3, 0.4) is 0 Å². The summed E-state index contributed by atoms with van der Waals surface area (Å²) in [6.45, 7) is 3.82. The van der Waals surface area contributed by atoms with Gasteiger partial charge >= 0.3 is 5.97 Å². The van der Waals surface area contributed by atoms with E-state index in [4.69, 9.17) is 0 Å². The van der Waals surface area contributed by atoms with Crippen LogP contribution in [0.2, 0.25) is 0 Å². The highest BCUT2D eigenvalue weighted by molar-refractivity contribution is 5.85. The minimum absolute atomic E-state index is 0.0859. The van der Waals surface area contributed by atoms with E-state index in [0.29, 0.717) is 12.0 Å². The molecular weight excluding hydrogens is 273 g/mol. The summed E-state index contributed by atoms with van der Waals surface area (Å²) in [7, 11) is 1.28. The van der Waals surface area contributed by atoms with Crippen LogP contribution in [-0.4, -0.2) is 25.0 Å². The van der Waals surface area contributed by atoms with Crippen molar-refractivity contribution >= 4 is 11.9 Å². The van der Waals surface area contributed by atoms with Gasteiger partial charge in [0.25, 0.3) is 0 Å². The molecule has 0 spiro atoms. The second kappa shape index (κ2) is 8.19. The number of carbonyl (C=O) groups excluding carboxylic acids is 2. The molecule has 114 valence electrons. The molecule has 1 rings (SSSR count). The first-order valence-corrected chi connectivity index (χ1v) is 6.67. The van der Waals surface area contributed by atoms with Crippen LogP contribution >= 0.6 is 0 Å². The molecule has 1 amide bonds. The molecule has 0 bridgehead atoms. The van der Waals surface area contributed by atoms with Crippen molar-refractivity contribution in [3.05, 3.63) is 47.3 Å². The highest BCUT2D eigenvalue weighted by Gasteiger charge is 2.20. The molecule has 1 atom stereocenters. The van der Waals surface area contributed by atoms with Crippen molar-refractivity contribution < 1.29 is 18.7 Å². The molecule has 0 aliphatic heterocycles. The summed E-state index contributed by atoms with van der Waals surface area (Å²) < 4.78 is 17.5. The molecule has 1 aromatic rings. The van der Waals surface area contributed by atoms with Gasteiger partial charge in [0.15, 0.2) is 0 Å². The minimum Gasteiger partial charge on any atom is -0.467 e. The monoisotopic (exact) mass is 293 g/mol. The third-order valence-corrected chi connectivity index (χ3v) is 2.86. The zero-order valence-electron chi connectivity index (χ0n) is 12.5. The SMILES string of the molecule is COC(=O)[C@@H](CC=C(C)C)NC(=O)Cc1ccc(F)cc1. The van der Waals surface area contributed by atoms with E-state index in [9.17, 15) is 14.0 Å². The van der Waals surface area contributed by atoms with E-state index in [1.54, 1.807) is 0 Å². The van der Waals surface area contributed by atoms with Gasteiger partial charge in [0.05, 0.1) is 13.5 Å². The summed E-state index contributed by atoms with van der Waals surface area (Å²) in [5, 5.41) is 2.63. The number of allylic oxidation sites excluding steroid dienone is 1. The van der Waals surface area contributed by atoms with Gasteiger partial charge in [-0.05, 0) is 38.0 Å². The number of nitrogens with one attached hydrogen (secondary N) is 1. The zero-order valence-corrected chi connectivity index (χ0v) is 12.5. The van der Waals surface area contributed by atoms with Gasteiger partial charge in [0.1, 0.15) is 11.9 Å². The Balaban J connectivity index is 2.64. The first kappa shape index (κ1) is 16.9. The van der Waals surface area contributed by atoms with E-state index in [-0.39, 0.29) is 18.1 Å². The number of benzene rings is 1. The van der Waals surface area contributed by atoms with Crippen molar-refractivity contribution in [2.45, 2.75) is 32.7 Å². The van der Waals surface area contributed by atoms with E-state index < -0.39 is 12.0 Å². The number of halogens is 1. The summed E-state index contributed by atoms with van der Waals surface area (Å²) in [4.78, 5) is 23.6. The molecule has 1 aromatic carbocycles. The van der Waals surface area contributed by atoms with Crippen LogP contribution in [0.4, 0.5) is 4.39 Å². The van der Waals surface area contributed by atoms with Crippen LogP contribution in [0.15, 0.2) is 35.9 Å². The number of ether oxygens (including phenoxy) is 1. The minimum atomic E-state index is -0.710. The molecule has 0 heterocycles. The van der Waals surface area contributed by atoms with Crippen molar-refractivity contribution in [1.29, 1.82) is 0 Å². The van der Waals surface area contributed by atoms with Crippen molar-refractivity contribution in [2.24, 2.45) is 0 Å². The van der Waals surface area contributed by atoms with Gasteiger partial charge in [-0.3, -0.25) is 4.79 Å². The predicted molar refractivity (Wildman–Crippen MR) is 78.1 cm³/mol. The Morgan fingerprint density at radius 3 is 2.43 bits per heavy atom. The summed E-state index contributed by atoms with van der Waals surface area (Å²) in [6.07, 6.45) is 2.33. The number of hydrogen-bond acceptors (Lipinski definition) is 3. The summed E-state index contributed by atoms with van der Waals surface area (Å²) >= 11 is 0. The van der Waals surface area contributed by atoms with Gasteiger partial charge in [0, 0.05) is 0 Å². The number of carbonyl (C=O) groups is 2. The second-order valence-electron chi connectivity index (χ2n) is 4.96. The quantitative estimate of drug-likeness (QED) is 0.647. The topological polar surface area (TPSA) is 55.4 Å². The van der Waals surface area contributed by atoms with Gasteiger partial charge in [0.2, 0.25) is 5.91 Å². The zero-order chi connectivity index (χ0) is 15.8. The van der Waals surface area contributed by atoms with Crippen LogP contribution in [0.1, 0.15) is 25.8 Å². The maximum Gasteiger partial charge on any atom is 0.328 e. The maximum absolute atomic E-state index is 12.8. The van der Waals surface area contributed by atoms with Gasteiger partial charge in [-0.1, -0.05) is 23.8 Å². The largest absolute Gasteiger partial charge is 0.467 e. The highest BCUT2D eigenvalue weighted by atomic mass is 19.1. The number of rotatable bonds is 6. The first-order valence-electron chi connectivity index (χ1n) is 6.67. The van der Waals surface area contributed by atoms with Gasteiger partial charge in [-0.15, -0.1) is 0 Å². The standard InChI is InChI=1S/C16H20FNO3/c1-11(2)4-9-14(16(20)21-3)18-15(19)10-12-5-7-13(17)8-6-12/h4-8,14H,9-10H2,1-3H3,(H,18,19)/t14-/m1/s1. The van der Waals surface area contributed by atoms with Crippen LogP contribution in [0, 0.1) is 5.82 Å². The number of hydrogen-bond donors (Lipinski definition) is 1. The molecule has 21 heavy (non-hydrogen) atoms. The Hall–Kier alpha value is -2.17. The lowest BCUT2D eigenvalue weighted by Crippen LogP contribution is -2.41. The van der Waals surface area contributed by atoms with E-state index >= 15 is 0 Å². The van der Waals surface area contributed by atoms with E-state index in [2.05, 4.69) is 10.1 Å². The van der Waals surface area contributed by atoms with Crippen LogP contribution in [-0.2, 0) is 20.7 Å². The van der Waals surface area contributed by atoms with Crippen LogP contribution < -0.4 is 5.32 Å². The smallest absolute Gasteiger partial charge is 0.328 e. The molecule has 0 fully saturated rings. The van der Waals surface area contributed by atoms with Crippen molar-refractivity contribution in [3.8, 4) is 0 Å². The van der Waals surface area contributed by atoms with E-state index in [1.807, 2.05) is 19.9 Å². The third kappa shape index (κ3) is 6.21. The molecule has 0 saturated heterocycles. The first-order chi connectivity index (χ1) is 9.92. The molecule has 0 saturated carbocycles. The van der Waals surface area contributed by atoms with Crippen molar-refractivity contribution in [2.75, 3.05) is 7.11 Å². The van der Waals surface area contributed by atoms with Gasteiger partial charge < -0.3 is 10.1 Å². The molecule has 5 heteroatoms. The van der Waals surface area contributed by atoms with Crippen molar-refractivity contribution in [3.63, 3.8) is 0 Å². The lowest BCUT2D eigenvalue weighted by Gasteiger charge is -2.15. The fourth-order valence-corrected chi connectivity index (χ4v) is 1.74. The number of methoxy groups -OCH3 is 1. The second-order valence-corrected chi connectivity index (χ2v) is 4.96. The van der Waals surface area contributed by atoms with Crippen LogP contribution in [0.5, 0.6) is 0 Å². The highest BCUT2D eigenvalue weighted by Crippen LogP contribution is 2.05. The Morgan fingerprint density at radius 1 is 1.29 bits per heavy atom. The average Bonchev–Trinajstić information content (AvgIpc) is 2.44. The molecule has 0 radical (unpaired) electrons. The van der Waals surface area contributed by atoms with E-state index in [0.717, 1.165) is 5.57 Å². The molecular formula is C16H20FNO3. The normalized spacial score (nSPS) is 11.4. The van der Waals surface area contributed by atoms with Gasteiger partial charge in [-0.25, -0.2) is 9.18 Å². The Morgan fingerprint density at radius 2 is 1.90 bits per heavy atom. The van der Waals surface area contributed by atoms with E-state index in [1.165, 1.54) is 31.4 Å². The molecule has 1 N–H and O–H groups in total. The summed E-state index contributed by atoms with van der Waals surface area (Å²) in [5.74, 6) is -1.14. The lowest BCUT2D eigenvalue weighted by atomic mass is 10.1. The number of amides is 1. The number of esters is 1. The van der Waals surface area contributed by atoms with Gasteiger partial charge in [-0.2, -0.15) is 0 Å². The molecule has 0 aliphatic rings. The molecule has 0 aromatic heterocycles.